The van der Waals surface area contributed by atoms with E-state index in [-0.39, 0.29) is 0 Å². The van der Waals surface area contributed by atoms with Crippen LogP contribution >= 0.6 is 0 Å². The van der Waals surface area contributed by atoms with E-state index in [1.165, 1.54) is 27.1 Å². The van der Waals surface area contributed by atoms with E-state index in [0.29, 0.717) is 5.56 Å². The maximum atomic E-state index is 8.89. The van der Waals surface area contributed by atoms with Gasteiger partial charge in [-0.25, -0.2) is 0 Å². The van der Waals surface area contributed by atoms with Gasteiger partial charge in [0.05, 0.1) is 11.6 Å². The molecule has 0 atom stereocenters. The van der Waals surface area contributed by atoms with E-state index >= 15 is 0 Å². The first-order valence-electron chi connectivity index (χ1n) is 7.94. The molecule has 24 heavy (non-hydrogen) atoms. The van der Waals surface area contributed by atoms with Gasteiger partial charge in [0.25, 0.3) is 0 Å². The molecule has 0 aliphatic rings. The van der Waals surface area contributed by atoms with Crippen molar-refractivity contribution in [1.82, 2.24) is 0 Å². The zero-order chi connectivity index (χ0) is 16.4. The molecular weight excluding hydrogens is 290 g/mol. The fourth-order valence-corrected chi connectivity index (χ4v) is 3.08. The third-order valence-corrected chi connectivity index (χ3v) is 4.30. The summed E-state index contributed by atoms with van der Waals surface area (Å²) in [6, 6.07) is 29.0. The summed E-state index contributed by atoms with van der Waals surface area (Å²) in [6.07, 6.45) is 4.24. The van der Waals surface area contributed by atoms with Gasteiger partial charge >= 0.3 is 0 Å². The van der Waals surface area contributed by atoms with E-state index in [1.807, 2.05) is 24.3 Å². The second-order valence-corrected chi connectivity index (χ2v) is 5.80. The molecule has 0 unspecified atom stereocenters. The summed E-state index contributed by atoms with van der Waals surface area (Å²) in [5.74, 6) is 0. The fraction of sp³-hybridized carbons (Fsp3) is 0. The van der Waals surface area contributed by atoms with Crippen LogP contribution in [0.4, 0.5) is 0 Å². The molecule has 0 amide bonds. The molecule has 0 bridgehead atoms. The Kier molecular flexibility index (Phi) is 3.57. The first-order valence-corrected chi connectivity index (χ1v) is 7.94. The fourth-order valence-electron chi connectivity index (χ4n) is 3.08. The minimum atomic E-state index is 0.684. The van der Waals surface area contributed by atoms with Crippen LogP contribution in [-0.2, 0) is 0 Å². The minimum Gasteiger partial charge on any atom is -0.192 e. The van der Waals surface area contributed by atoms with E-state index < -0.39 is 0 Å². The Morgan fingerprint density at radius 3 is 2.08 bits per heavy atom. The smallest absolute Gasteiger partial charge is 0.0991 e. The van der Waals surface area contributed by atoms with Crippen molar-refractivity contribution in [3.05, 3.63) is 95.6 Å². The highest BCUT2D eigenvalue weighted by molar-refractivity contribution is 6.11. The normalized spacial score (nSPS) is 11.1. The van der Waals surface area contributed by atoms with Crippen molar-refractivity contribution in [1.29, 1.82) is 5.26 Å². The Morgan fingerprint density at radius 2 is 1.33 bits per heavy atom. The topological polar surface area (TPSA) is 23.8 Å². The van der Waals surface area contributed by atoms with Gasteiger partial charge in [0.15, 0.2) is 0 Å². The molecule has 4 aromatic carbocycles. The lowest BCUT2D eigenvalue weighted by Crippen LogP contribution is -1.82. The van der Waals surface area contributed by atoms with E-state index in [1.54, 1.807) is 0 Å². The summed E-state index contributed by atoms with van der Waals surface area (Å²) >= 11 is 0. The Morgan fingerprint density at radius 1 is 0.667 bits per heavy atom. The second kappa shape index (κ2) is 6.02. The standard InChI is InChI=1S/C23H15N/c24-16-18-11-9-17(10-12-18)13-14-20-15-19-5-1-2-6-21(19)23-8-4-3-7-22(20)23/h1-15H/b14-13+. The van der Waals surface area contributed by atoms with E-state index in [4.69, 9.17) is 5.26 Å². The molecule has 112 valence electrons. The van der Waals surface area contributed by atoms with Crippen LogP contribution in [0.15, 0.2) is 78.9 Å². The monoisotopic (exact) mass is 305 g/mol. The summed E-state index contributed by atoms with van der Waals surface area (Å²) < 4.78 is 0. The van der Waals surface area contributed by atoms with Gasteiger partial charge in [-0.2, -0.15) is 5.26 Å². The molecule has 0 saturated heterocycles. The number of benzene rings is 4. The summed E-state index contributed by atoms with van der Waals surface area (Å²) in [7, 11) is 0. The summed E-state index contributed by atoms with van der Waals surface area (Å²) in [4.78, 5) is 0. The quantitative estimate of drug-likeness (QED) is 0.327. The molecule has 0 N–H and O–H groups in total. The molecule has 0 spiro atoms. The summed E-state index contributed by atoms with van der Waals surface area (Å²) in [5, 5.41) is 13.9. The van der Waals surface area contributed by atoms with Gasteiger partial charge in [0.1, 0.15) is 0 Å². The zero-order valence-electron chi connectivity index (χ0n) is 13.1. The van der Waals surface area contributed by atoms with E-state index in [0.717, 1.165) is 5.56 Å². The van der Waals surface area contributed by atoms with Crippen molar-refractivity contribution < 1.29 is 0 Å². The highest BCUT2D eigenvalue weighted by atomic mass is 14.2. The predicted octanol–water partition coefficient (Wildman–Crippen LogP) is 6.04. The molecule has 1 nitrogen and oxygen atoms in total. The lowest BCUT2D eigenvalue weighted by molar-refractivity contribution is 1.48. The van der Waals surface area contributed by atoms with Gasteiger partial charge in [-0.05, 0) is 50.9 Å². The number of nitriles is 1. The molecule has 0 heterocycles. The number of rotatable bonds is 2. The van der Waals surface area contributed by atoms with Crippen LogP contribution in [0.1, 0.15) is 16.7 Å². The largest absolute Gasteiger partial charge is 0.192 e. The number of nitrogens with zero attached hydrogens (tertiary/aromatic N) is 1. The molecule has 0 aromatic heterocycles. The molecule has 0 aliphatic carbocycles. The minimum absolute atomic E-state index is 0.684. The van der Waals surface area contributed by atoms with Crippen molar-refractivity contribution in [3.8, 4) is 6.07 Å². The van der Waals surface area contributed by atoms with Gasteiger partial charge in [-0.3, -0.25) is 0 Å². The molecule has 4 rings (SSSR count). The second-order valence-electron chi connectivity index (χ2n) is 5.80. The highest BCUT2D eigenvalue weighted by Gasteiger charge is 2.03. The Labute approximate surface area is 141 Å². The van der Waals surface area contributed by atoms with E-state index in [9.17, 15) is 0 Å². The third kappa shape index (κ3) is 2.55. The van der Waals surface area contributed by atoms with Crippen molar-refractivity contribution in [2.45, 2.75) is 0 Å². The summed E-state index contributed by atoms with van der Waals surface area (Å²) in [6.45, 7) is 0. The van der Waals surface area contributed by atoms with E-state index in [2.05, 4.69) is 72.8 Å². The number of fused-ring (bicyclic) bond motifs is 3. The van der Waals surface area contributed by atoms with Gasteiger partial charge in [-0.1, -0.05) is 72.8 Å². The predicted molar refractivity (Wildman–Crippen MR) is 102 cm³/mol. The average molecular weight is 305 g/mol. The van der Waals surface area contributed by atoms with Crippen LogP contribution in [0.5, 0.6) is 0 Å². The molecule has 0 fully saturated rings. The highest BCUT2D eigenvalue weighted by Crippen LogP contribution is 2.29. The molecule has 0 aliphatic heterocycles. The third-order valence-electron chi connectivity index (χ3n) is 4.30. The van der Waals surface area contributed by atoms with Crippen LogP contribution < -0.4 is 0 Å². The van der Waals surface area contributed by atoms with Gasteiger partial charge in [0.2, 0.25) is 0 Å². The zero-order valence-corrected chi connectivity index (χ0v) is 13.1. The Hall–Kier alpha value is -3.37. The molecule has 1 heteroatoms. The van der Waals surface area contributed by atoms with Gasteiger partial charge < -0.3 is 0 Å². The van der Waals surface area contributed by atoms with Crippen molar-refractivity contribution in [2.24, 2.45) is 0 Å². The molecule has 4 aromatic rings. The lowest BCUT2D eigenvalue weighted by Gasteiger charge is -2.07. The van der Waals surface area contributed by atoms with Crippen molar-refractivity contribution >= 4 is 33.7 Å². The number of hydrogen-bond acceptors (Lipinski definition) is 1. The van der Waals surface area contributed by atoms with Crippen LogP contribution in [0.2, 0.25) is 0 Å². The maximum absolute atomic E-state index is 8.89. The first kappa shape index (κ1) is 14.2. The molecular formula is C23H15N. The van der Waals surface area contributed by atoms with Crippen molar-refractivity contribution in [3.63, 3.8) is 0 Å². The van der Waals surface area contributed by atoms with Crippen molar-refractivity contribution in [2.75, 3.05) is 0 Å². The van der Waals surface area contributed by atoms with Crippen LogP contribution in [0.3, 0.4) is 0 Å². The number of hydrogen-bond donors (Lipinski definition) is 0. The molecule has 0 radical (unpaired) electrons. The van der Waals surface area contributed by atoms with Crippen LogP contribution in [0, 0.1) is 11.3 Å². The SMILES string of the molecule is N#Cc1ccc(/C=C/c2cc3ccccc3c3ccccc23)cc1. The van der Waals surface area contributed by atoms with Crippen LogP contribution in [0.25, 0.3) is 33.7 Å². The van der Waals surface area contributed by atoms with Gasteiger partial charge in [0, 0.05) is 0 Å². The average Bonchev–Trinajstić information content (AvgIpc) is 2.66. The Bertz CT molecular complexity index is 1100. The maximum Gasteiger partial charge on any atom is 0.0991 e. The Balaban J connectivity index is 1.85. The van der Waals surface area contributed by atoms with Gasteiger partial charge in [-0.15, -0.1) is 0 Å². The summed E-state index contributed by atoms with van der Waals surface area (Å²) in [5.41, 5.74) is 2.98. The lowest BCUT2D eigenvalue weighted by atomic mass is 9.96. The molecule has 0 saturated carbocycles. The van der Waals surface area contributed by atoms with Crippen LogP contribution in [-0.4, -0.2) is 0 Å². The first-order chi connectivity index (χ1) is 11.8.